The third-order valence-corrected chi connectivity index (χ3v) is 5.58. The van der Waals surface area contributed by atoms with E-state index in [-0.39, 0.29) is 47.1 Å². The molecule has 0 bridgehead atoms. The molecule has 0 heterocycles. The fourth-order valence-electron chi connectivity index (χ4n) is 3.92. The van der Waals surface area contributed by atoms with Crippen LogP contribution in [0.2, 0.25) is 0 Å². The summed E-state index contributed by atoms with van der Waals surface area (Å²) in [7, 11) is 0. The SMILES string of the molecule is C=C(C)[C@H]1/C=C\[C@@H](C)C(=O)[C@H]2C[C@@H](C)[C@@H](OC(C)=O)C2=C[C@@H](C)C(=O)C1. The van der Waals surface area contributed by atoms with Gasteiger partial charge in [0.25, 0.3) is 0 Å². The summed E-state index contributed by atoms with van der Waals surface area (Å²) in [5.74, 6) is -1.01. The van der Waals surface area contributed by atoms with Gasteiger partial charge in [0.1, 0.15) is 17.7 Å². The van der Waals surface area contributed by atoms with Crippen molar-refractivity contribution in [2.45, 2.75) is 53.6 Å². The highest BCUT2D eigenvalue weighted by Gasteiger charge is 2.43. The lowest BCUT2D eigenvalue weighted by atomic mass is 9.87. The highest BCUT2D eigenvalue weighted by Crippen LogP contribution is 2.41. The molecule has 1 saturated carbocycles. The quantitative estimate of drug-likeness (QED) is 0.552. The zero-order valence-corrected chi connectivity index (χ0v) is 16.5. The number of carbonyl (C=O) groups is 3. The summed E-state index contributed by atoms with van der Waals surface area (Å²) in [4.78, 5) is 37.3. The summed E-state index contributed by atoms with van der Waals surface area (Å²) < 4.78 is 5.52. The van der Waals surface area contributed by atoms with E-state index >= 15 is 0 Å². The Balaban J connectivity index is 2.47. The molecule has 4 nitrogen and oxygen atoms in total. The molecule has 0 saturated heterocycles. The van der Waals surface area contributed by atoms with E-state index < -0.39 is 6.10 Å². The molecule has 0 aromatic carbocycles. The van der Waals surface area contributed by atoms with Crippen LogP contribution in [0.3, 0.4) is 0 Å². The summed E-state index contributed by atoms with van der Waals surface area (Å²) in [6, 6.07) is 0. The molecule has 2 aliphatic carbocycles. The Morgan fingerprint density at radius 1 is 1.12 bits per heavy atom. The van der Waals surface area contributed by atoms with E-state index in [9.17, 15) is 14.4 Å². The van der Waals surface area contributed by atoms with Crippen LogP contribution in [0.4, 0.5) is 0 Å². The number of hydrogen-bond donors (Lipinski definition) is 0. The second kappa shape index (κ2) is 8.15. The fourth-order valence-corrected chi connectivity index (χ4v) is 3.92. The van der Waals surface area contributed by atoms with E-state index in [1.54, 1.807) is 0 Å². The molecule has 0 aromatic heterocycles. The molecule has 0 unspecified atom stereocenters. The van der Waals surface area contributed by atoms with Gasteiger partial charge in [-0.25, -0.2) is 0 Å². The summed E-state index contributed by atoms with van der Waals surface area (Å²) >= 11 is 0. The van der Waals surface area contributed by atoms with E-state index in [1.807, 2.05) is 45.9 Å². The highest BCUT2D eigenvalue weighted by molar-refractivity contribution is 5.89. The van der Waals surface area contributed by atoms with Crippen LogP contribution in [-0.2, 0) is 19.1 Å². The minimum Gasteiger partial charge on any atom is -0.458 e. The van der Waals surface area contributed by atoms with Crippen molar-refractivity contribution in [1.29, 1.82) is 0 Å². The van der Waals surface area contributed by atoms with Crippen LogP contribution < -0.4 is 0 Å². The number of carbonyl (C=O) groups excluding carboxylic acids is 3. The number of allylic oxidation sites excluding steroid dienone is 4. The lowest BCUT2D eigenvalue weighted by Gasteiger charge is -2.20. The molecule has 6 atom stereocenters. The number of fused-ring (bicyclic) bond motifs is 1. The Morgan fingerprint density at radius 3 is 2.35 bits per heavy atom. The van der Waals surface area contributed by atoms with E-state index in [0.717, 1.165) is 11.1 Å². The number of ketones is 2. The molecule has 0 aromatic rings. The topological polar surface area (TPSA) is 60.4 Å². The van der Waals surface area contributed by atoms with Gasteiger partial charge >= 0.3 is 5.97 Å². The zero-order valence-electron chi connectivity index (χ0n) is 16.5. The molecule has 4 heteroatoms. The molecular weight excluding hydrogens is 328 g/mol. The predicted octanol–water partition coefficient (Wildman–Crippen LogP) is 4.06. The Kier molecular flexibility index (Phi) is 6.38. The van der Waals surface area contributed by atoms with E-state index in [2.05, 4.69) is 6.58 Å². The van der Waals surface area contributed by atoms with Gasteiger partial charge in [-0.05, 0) is 24.8 Å². The summed E-state index contributed by atoms with van der Waals surface area (Å²) in [6.07, 6.45) is 6.30. The second-order valence-electron chi connectivity index (χ2n) is 7.95. The maximum absolute atomic E-state index is 13.1. The molecule has 0 radical (unpaired) electrons. The van der Waals surface area contributed by atoms with Gasteiger partial charge in [-0.3, -0.25) is 14.4 Å². The molecule has 0 aliphatic heterocycles. The molecule has 0 amide bonds. The van der Waals surface area contributed by atoms with Crippen LogP contribution in [0, 0.1) is 29.6 Å². The van der Waals surface area contributed by atoms with Crippen molar-refractivity contribution >= 4 is 17.5 Å². The van der Waals surface area contributed by atoms with Crippen molar-refractivity contribution in [2.75, 3.05) is 0 Å². The molecule has 0 spiro atoms. The van der Waals surface area contributed by atoms with Crippen molar-refractivity contribution in [2.24, 2.45) is 29.6 Å². The van der Waals surface area contributed by atoms with Crippen molar-refractivity contribution < 1.29 is 19.1 Å². The molecule has 2 rings (SSSR count). The van der Waals surface area contributed by atoms with Gasteiger partial charge in [-0.2, -0.15) is 0 Å². The van der Waals surface area contributed by atoms with Gasteiger partial charge < -0.3 is 4.74 Å². The lowest BCUT2D eigenvalue weighted by Crippen LogP contribution is -2.25. The van der Waals surface area contributed by atoms with E-state index in [0.29, 0.717) is 12.8 Å². The molecule has 142 valence electrons. The maximum Gasteiger partial charge on any atom is 0.303 e. The van der Waals surface area contributed by atoms with Crippen LogP contribution >= 0.6 is 0 Å². The minimum atomic E-state index is -0.425. The average molecular weight is 358 g/mol. The van der Waals surface area contributed by atoms with Gasteiger partial charge in [0.2, 0.25) is 0 Å². The first kappa shape index (κ1) is 20.3. The van der Waals surface area contributed by atoms with Gasteiger partial charge in [0.15, 0.2) is 0 Å². The second-order valence-corrected chi connectivity index (χ2v) is 7.95. The third-order valence-electron chi connectivity index (χ3n) is 5.58. The first-order valence-corrected chi connectivity index (χ1v) is 9.40. The Hall–Kier alpha value is -1.97. The number of Topliss-reactive ketones (excluding diaryl/α,β-unsaturated/α-hetero) is 2. The molecule has 0 N–H and O–H groups in total. The fraction of sp³-hybridized carbons (Fsp3) is 0.591. The van der Waals surface area contributed by atoms with Gasteiger partial charge in [0, 0.05) is 37.0 Å². The molecule has 1 fully saturated rings. The Morgan fingerprint density at radius 2 is 1.77 bits per heavy atom. The average Bonchev–Trinajstić information content (AvgIpc) is 2.84. The lowest BCUT2D eigenvalue weighted by molar-refractivity contribution is -0.146. The zero-order chi connectivity index (χ0) is 19.6. The number of rotatable bonds is 2. The van der Waals surface area contributed by atoms with Crippen molar-refractivity contribution in [3.8, 4) is 0 Å². The normalized spacial score (nSPS) is 36.6. The first-order valence-electron chi connectivity index (χ1n) is 9.40. The van der Waals surface area contributed by atoms with Crippen LogP contribution in [0.1, 0.15) is 47.5 Å². The number of esters is 1. The predicted molar refractivity (Wildman–Crippen MR) is 101 cm³/mol. The Labute approximate surface area is 156 Å². The van der Waals surface area contributed by atoms with Crippen LogP contribution in [0.5, 0.6) is 0 Å². The van der Waals surface area contributed by atoms with Crippen molar-refractivity contribution in [3.63, 3.8) is 0 Å². The largest absolute Gasteiger partial charge is 0.458 e. The highest BCUT2D eigenvalue weighted by atomic mass is 16.5. The summed E-state index contributed by atoms with van der Waals surface area (Å²) in [6.45, 7) is 13.0. The van der Waals surface area contributed by atoms with Crippen LogP contribution in [0.15, 0.2) is 36.0 Å². The van der Waals surface area contributed by atoms with Crippen molar-refractivity contribution in [1.82, 2.24) is 0 Å². The summed E-state index contributed by atoms with van der Waals surface area (Å²) in [5.41, 5.74) is 1.72. The van der Waals surface area contributed by atoms with E-state index in [1.165, 1.54) is 6.92 Å². The monoisotopic (exact) mass is 358 g/mol. The number of ether oxygens (including phenoxy) is 1. The van der Waals surface area contributed by atoms with Crippen LogP contribution in [0.25, 0.3) is 0 Å². The minimum absolute atomic E-state index is 0.0558. The third kappa shape index (κ3) is 4.40. The van der Waals surface area contributed by atoms with Gasteiger partial charge in [0.05, 0.1) is 0 Å². The van der Waals surface area contributed by atoms with Crippen LogP contribution in [-0.4, -0.2) is 23.6 Å². The van der Waals surface area contributed by atoms with Gasteiger partial charge in [-0.1, -0.05) is 51.2 Å². The molecular formula is C22H30O4. The maximum atomic E-state index is 13.1. The summed E-state index contributed by atoms with van der Waals surface area (Å²) in [5, 5.41) is 0. The Bertz CT molecular complexity index is 670. The standard InChI is InChI=1S/C22H30O4/c1-12(2)17-8-7-13(3)21(25)18-10-15(5)22(26-16(6)23)19(18)9-14(4)20(24)11-17/h7-9,13-15,17-18,22H,1,10-11H2,2-6H3/b8-7-,19-9?/t13-,14-,15-,17+,18+,22-/m1/s1. The smallest absolute Gasteiger partial charge is 0.303 e. The van der Waals surface area contributed by atoms with Crippen molar-refractivity contribution in [3.05, 3.63) is 36.0 Å². The molecule has 26 heavy (non-hydrogen) atoms. The molecule has 2 aliphatic rings. The first-order chi connectivity index (χ1) is 12.1. The van der Waals surface area contributed by atoms with E-state index in [4.69, 9.17) is 4.74 Å². The number of hydrogen-bond acceptors (Lipinski definition) is 4. The van der Waals surface area contributed by atoms with Gasteiger partial charge in [-0.15, -0.1) is 0 Å².